The van der Waals surface area contributed by atoms with Gasteiger partial charge in [-0.2, -0.15) is 0 Å². The highest BCUT2D eigenvalue weighted by Gasteiger charge is 2.22. The first-order chi connectivity index (χ1) is 11.0. The van der Waals surface area contributed by atoms with Crippen molar-refractivity contribution in [3.8, 4) is 11.5 Å². The molecule has 0 saturated heterocycles. The third kappa shape index (κ3) is 5.81. The quantitative estimate of drug-likeness (QED) is 0.703. The van der Waals surface area contributed by atoms with Gasteiger partial charge in [0, 0.05) is 6.07 Å². The second kappa shape index (κ2) is 9.71. The summed E-state index contributed by atoms with van der Waals surface area (Å²) in [5.74, 6) is -1.01. The van der Waals surface area contributed by atoms with Gasteiger partial charge in [-0.05, 0) is 31.4 Å². The van der Waals surface area contributed by atoms with Crippen molar-refractivity contribution < 1.29 is 28.9 Å². The summed E-state index contributed by atoms with van der Waals surface area (Å²) in [5, 5.41) is 10.1. The van der Waals surface area contributed by atoms with Crippen molar-refractivity contribution in [1.29, 1.82) is 0 Å². The first-order valence-corrected chi connectivity index (χ1v) is 7.84. The van der Waals surface area contributed by atoms with E-state index < -0.39 is 11.9 Å². The molecular formula is C17H24O6. The molecule has 1 rings (SSSR count). The largest absolute Gasteiger partial charge is 0.507 e. The molecule has 0 aromatic heterocycles. The van der Waals surface area contributed by atoms with Crippen LogP contribution in [-0.2, 0) is 20.7 Å². The number of carbonyl (C=O) groups is 2. The number of aromatic hydroxyl groups is 1. The fraction of sp³-hybridized carbons (Fsp3) is 0.529. The van der Waals surface area contributed by atoms with E-state index in [0.29, 0.717) is 37.4 Å². The van der Waals surface area contributed by atoms with Gasteiger partial charge in [0.25, 0.3) is 0 Å². The van der Waals surface area contributed by atoms with Gasteiger partial charge in [0.05, 0.1) is 26.2 Å². The lowest BCUT2D eigenvalue weighted by Crippen LogP contribution is -2.15. The molecule has 23 heavy (non-hydrogen) atoms. The van der Waals surface area contributed by atoms with Crippen molar-refractivity contribution >= 4 is 11.9 Å². The number of phenols is 1. The molecule has 6 heteroatoms. The monoisotopic (exact) mass is 324 g/mol. The SMILES string of the molecule is CCCOC(=O)Cc1cc(OCC)cc(O)c1C(=O)OCCC. The fourth-order valence-corrected chi connectivity index (χ4v) is 1.97. The summed E-state index contributed by atoms with van der Waals surface area (Å²) >= 11 is 0. The molecule has 0 atom stereocenters. The van der Waals surface area contributed by atoms with Gasteiger partial charge in [0.2, 0.25) is 0 Å². The summed E-state index contributed by atoms with van der Waals surface area (Å²) < 4.78 is 15.4. The molecule has 0 heterocycles. The van der Waals surface area contributed by atoms with Gasteiger partial charge in [0.15, 0.2) is 0 Å². The van der Waals surface area contributed by atoms with E-state index in [1.54, 1.807) is 13.0 Å². The van der Waals surface area contributed by atoms with Gasteiger partial charge in [-0.15, -0.1) is 0 Å². The van der Waals surface area contributed by atoms with Crippen LogP contribution in [0.3, 0.4) is 0 Å². The Morgan fingerprint density at radius 2 is 1.70 bits per heavy atom. The van der Waals surface area contributed by atoms with Crippen molar-refractivity contribution in [3.63, 3.8) is 0 Å². The Hall–Kier alpha value is -2.24. The lowest BCUT2D eigenvalue weighted by Gasteiger charge is -2.13. The highest BCUT2D eigenvalue weighted by molar-refractivity contribution is 5.95. The van der Waals surface area contributed by atoms with Crippen molar-refractivity contribution in [1.82, 2.24) is 0 Å². The van der Waals surface area contributed by atoms with Crippen LogP contribution in [0.2, 0.25) is 0 Å². The number of benzene rings is 1. The van der Waals surface area contributed by atoms with Gasteiger partial charge in [-0.25, -0.2) is 4.79 Å². The summed E-state index contributed by atoms with van der Waals surface area (Å²) in [7, 11) is 0. The zero-order valence-corrected chi connectivity index (χ0v) is 13.9. The molecule has 0 radical (unpaired) electrons. The van der Waals surface area contributed by atoms with Crippen molar-refractivity contribution in [2.45, 2.75) is 40.0 Å². The Morgan fingerprint density at radius 1 is 1.04 bits per heavy atom. The maximum Gasteiger partial charge on any atom is 0.342 e. The van der Waals surface area contributed by atoms with Crippen LogP contribution in [0.5, 0.6) is 11.5 Å². The number of phenolic OH excluding ortho intramolecular Hbond substituents is 1. The molecule has 0 unspecified atom stereocenters. The van der Waals surface area contributed by atoms with Crippen LogP contribution < -0.4 is 4.74 Å². The van der Waals surface area contributed by atoms with Gasteiger partial charge in [-0.3, -0.25) is 4.79 Å². The molecule has 0 amide bonds. The van der Waals surface area contributed by atoms with E-state index in [9.17, 15) is 14.7 Å². The minimum absolute atomic E-state index is 0.0182. The molecule has 1 aromatic carbocycles. The molecule has 0 aliphatic rings. The molecule has 1 aromatic rings. The van der Waals surface area contributed by atoms with E-state index in [1.165, 1.54) is 6.07 Å². The smallest absolute Gasteiger partial charge is 0.342 e. The Balaban J connectivity index is 3.09. The van der Waals surface area contributed by atoms with E-state index in [0.717, 1.165) is 0 Å². The highest BCUT2D eigenvalue weighted by Crippen LogP contribution is 2.29. The van der Waals surface area contributed by atoms with Crippen LogP contribution in [0.1, 0.15) is 49.5 Å². The van der Waals surface area contributed by atoms with E-state index in [1.807, 2.05) is 13.8 Å². The summed E-state index contributed by atoms with van der Waals surface area (Å²) in [6.45, 7) is 6.52. The van der Waals surface area contributed by atoms with Crippen molar-refractivity contribution in [2.24, 2.45) is 0 Å². The van der Waals surface area contributed by atoms with E-state index >= 15 is 0 Å². The highest BCUT2D eigenvalue weighted by atomic mass is 16.5. The summed E-state index contributed by atoms with van der Waals surface area (Å²) in [4.78, 5) is 24.0. The minimum Gasteiger partial charge on any atom is -0.507 e. The topological polar surface area (TPSA) is 82.1 Å². The van der Waals surface area contributed by atoms with Crippen LogP contribution in [0, 0.1) is 0 Å². The standard InChI is InChI=1S/C17H24O6/c1-4-7-22-15(19)10-12-9-13(21-6-3)11-14(18)16(12)17(20)23-8-5-2/h9,11,18H,4-8,10H2,1-3H3. The predicted molar refractivity (Wildman–Crippen MR) is 84.8 cm³/mol. The first-order valence-electron chi connectivity index (χ1n) is 7.84. The molecule has 128 valence electrons. The van der Waals surface area contributed by atoms with Crippen LogP contribution in [0.4, 0.5) is 0 Å². The maximum absolute atomic E-state index is 12.1. The number of esters is 2. The van der Waals surface area contributed by atoms with Crippen LogP contribution in [-0.4, -0.2) is 36.9 Å². The van der Waals surface area contributed by atoms with Crippen molar-refractivity contribution in [2.75, 3.05) is 19.8 Å². The number of rotatable bonds is 9. The molecule has 6 nitrogen and oxygen atoms in total. The van der Waals surface area contributed by atoms with Gasteiger partial charge in [-0.1, -0.05) is 13.8 Å². The number of carbonyl (C=O) groups excluding carboxylic acids is 2. The van der Waals surface area contributed by atoms with Crippen LogP contribution in [0.25, 0.3) is 0 Å². The van der Waals surface area contributed by atoms with E-state index in [2.05, 4.69) is 0 Å². The van der Waals surface area contributed by atoms with E-state index in [4.69, 9.17) is 14.2 Å². The molecule has 0 aliphatic heterocycles. The minimum atomic E-state index is -0.661. The zero-order chi connectivity index (χ0) is 17.2. The zero-order valence-electron chi connectivity index (χ0n) is 13.9. The van der Waals surface area contributed by atoms with E-state index in [-0.39, 0.29) is 24.3 Å². The molecule has 0 saturated carbocycles. The molecule has 0 spiro atoms. The van der Waals surface area contributed by atoms with Gasteiger partial charge >= 0.3 is 11.9 Å². The number of hydrogen-bond donors (Lipinski definition) is 1. The summed E-state index contributed by atoms with van der Waals surface area (Å²) in [5.41, 5.74) is 0.311. The second-order valence-corrected chi connectivity index (χ2v) is 4.94. The molecule has 0 aliphatic carbocycles. The summed E-state index contributed by atoms with van der Waals surface area (Å²) in [6, 6.07) is 2.89. The number of ether oxygens (including phenoxy) is 3. The average molecular weight is 324 g/mol. The molecular weight excluding hydrogens is 300 g/mol. The molecule has 0 bridgehead atoms. The van der Waals surface area contributed by atoms with Crippen LogP contribution >= 0.6 is 0 Å². The number of hydrogen-bond acceptors (Lipinski definition) is 6. The second-order valence-electron chi connectivity index (χ2n) is 4.94. The Kier molecular flexibility index (Phi) is 7.94. The Morgan fingerprint density at radius 3 is 2.30 bits per heavy atom. The Bertz CT molecular complexity index is 538. The summed E-state index contributed by atoms with van der Waals surface area (Å²) in [6.07, 6.45) is 1.24. The van der Waals surface area contributed by atoms with Gasteiger partial charge < -0.3 is 19.3 Å². The van der Waals surface area contributed by atoms with Gasteiger partial charge in [0.1, 0.15) is 17.1 Å². The molecule has 0 fully saturated rings. The third-order valence-electron chi connectivity index (χ3n) is 2.93. The lowest BCUT2D eigenvalue weighted by molar-refractivity contribution is -0.142. The van der Waals surface area contributed by atoms with Crippen molar-refractivity contribution in [3.05, 3.63) is 23.3 Å². The average Bonchev–Trinajstić information content (AvgIpc) is 2.50. The maximum atomic E-state index is 12.1. The predicted octanol–water partition coefficient (Wildman–Crippen LogP) is 2.85. The normalized spacial score (nSPS) is 10.2. The van der Waals surface area contributed by atoms with Crippen LogP contribution in [0.15, 0.2) is 12.1 Å². The molecule has 1 N–H and O–H groups in total. The Labute approximate surface area is 136 Å². The fourth-order valence-electron chi connectivity index (χ4n) is 1.97. The first kappa shape index (κ1) is 18.8. The lowest BCUT2D eigenvalue weighted by atomic mass is 10.0. The third-order valence-corrected chi connectivity index (χ3v) is 2.93.